The molecule has 18 heteroatoms. The summed E-state index contributed by atoms with van der Waals surface area (Å²) in [6.07, 6.45) is 0.840. The molecule has 0 fully saturated rings. The molecule has 3 rings (SSSR count). The number of nitrogens with one attached hydrogen (secondary N) is 4. The third kappa shape index (κ3) is 10.1. The van der Waals surface area contributed by atoms with Gasteiger partial charge in [-0.3, -0.25) is 29.6 Å². The number of rotatable bonds is 11. The molecule has 0 aliphatic rings. The molecular weight excluding hydrogens is 544 g/mol. The van der Waals surface area contributed by atoms with Gasteiger partial charge in [0.1, 0.15) is 12.6 Å². The molecule has 11 N–H and O–H groups in total. The molecule has 0 aliphatic carbocycles. The van der Waals surface area contributed by atoms with Crippen molar-refractivity contribution in [2.45, 2.75) is 25.4 Å². The van der Waals surface area contributed by atoms with Gasteiger partial charge in [0.25, 0.3) is 11.5 Å². The van der Waals surface area contributed by atoms with Crippen molar-refractivity contribution in [1.82, 2.24) is 30.2 Å². The summed E-state index contributed by atoms with van der Waals surface area (Å²) in [5.41, 5.74) is 11.4. The van der Waals surface area contributed by atoms with E-state index in [0.29, 0.717) is 11.4 Å². The fourth-order valence-electron chi connectivity index (χ4n) is 3.04. The molecule has 1 atom stereocenters. The van der Waals surface area contributed by atoms with Gasteiger partial charge in [-0.25, -0.2) is 14.8 Å². The maximum absolute atomic E-state index is 12.3. The molecule has 0 saturated heterocycles. The Bertz CT molecular complexity index is 1490. The average molecular weight is 573 g/mol. The molecule has 1 aromatic carbocycles. The van der Waals surface area contributed by atoms with Gasteiger partial charge in [0.2, 0.25) is 5.95 Å². The number of hydrogen-bond acceptors (Lipinski definition) is 11. The number of aromatic nitrogens is 4. The number of aromatic amines is 1. The SMILES string of the molecule is CN(CC(=O)O)C(=N)N.Nc1nc2ncc(CNc3ccc(C(=O)N[C@@H](CCC(=O)O)C(=O)O)cc3)nc2c(=O)[nH]1. The second-order valence-corrected chi connectivity index (χ2v) is 8.35. The lowest BCUT2D eigenvalue weighted by Gasteiger charge is -2.14. The molecule has 0 spiro atoms. The molecule has 218 valence electrons. The first-order valence-corrected chi connectivity index (χ1v) is 11.6. The number of H-pyrrole nitrogens is 1. The number of carbonyl (C=O) groups is 4. The summed E-state index contributed by atoms with van der Waals surface area (Å²) in [5, 5.41) is 38.1. The summed E-state index contributed by atoms with van der Waals surface area (Å²) >= 11 is 0. The Balaban J connectivity index is 0.000000564. The van der Waals surface area contributed by atoms with Crippen LogP contribution in [0.5, 0.6) is 0 Å². The maximum Gasteiger partial charge on any atom is 0.326 e. The molecule has 0 saturated carbocycles. The van der Waals surface area contributed by atoms with Crippen LogP contribution in [0.15, 0.2) is 35.3 Å². The summed E-state index contributed by atoms with van der Waals surface area (Å²) in [7, 11) is 1.44. The summed E-state index contributed by atoms with van der Waals surface area (Å²) in [5.74, 6) is -4.39. The van der Waals surface area contributed by atoms with E-state index < -0.39 is 35.4 Å². The molecule has 1 amide bonds. The number of benzene rings is 1. The van der Waals surface area contributed by atoms with E-state index in [4.69, 9.17) is 32.2 Å². The van der Waals surface area contributed by atoms with Crippen LogP contribution in [-0.2, 0) is 20.9 Å². The molecule has 41 heavy (non-hydrogen) atoms. The molecule has 0 radical (unpaired) electrons. The Morgan fingerprint density at radius 1 is 1.10 bits per heavy atom. The number of fused-ring (bicyclic) bond motifs is 1. The second-order valence-electron chi connectivity index (χ2n) is 8.35. The highest BCUT2D eigenvalue weighted by molar-refractivity contribution is 5.97. The molecule has 2 heterocycles. The van der Waals surface area contributed by atoms with Gasteiger partial charge in [-0.1, -0.05) is 0 Å². The van der Waals surface area contributed by atoms with Crippen LogP contribution < -0.4 is 27.7 Å². The average Bonchev–Trinajstić information content (AvgIpc) is 2.89. The normalized spacial score (nSPS) is 11.0. The number of carboxylic acid groups (broad SMARTS) is 3. The maximum atomic E-state index is 12.3. The van der Waals surface area contributed by atoms with Gasteiger partial charge in [-0.15, -0.1) is 0 Å². The first-order valence-electron chi connectivity index (χ1n) is 11.6. The van der Waals surface area contributed by atoms with Crippen molar-refractivity contribution in [2.75, 3.05) is 24.6 Å². The van der Waals surface area contributed by atoms with Gasteiger partial charge in [0.15, 0.2) is 17.1 Å². The lowest BCUT2D eigenvalue weighted by molar-refractivity contribution is -0.141. The van der Waals surface area contributed by atoms with Crippen molar-refractivity contribution in [3.8, 4) is 0 Å². The van der Waals surface area contributed by atoms with Crippen molar-refractivity contribution < 1.29 is 34.5 Å². The van der Waals surface area contributed by atoms with E-state index in [1.807, 2.05) is 0 Å². The highest BCUT2D eigenvalue weighted by Gasteiger charge is 2.21. The highest BCUT2D eigenvalue weighted by atomic mass is 16.4. The van der Waals surface area contributed by atoms with Crippen LogP contribution in [0.1, 0.15) is 28.9 Å². The zero-order valence-corrected chi connectivity index (χ0v) is 21.6. The van der Waals surface area contributed by atoms with Crippen LogP contribution in [0, 0.1) is 5.41 Å². The van der Waals surface area contributed by atoms with Crippen LogP contribution >= 0.6 is 0 Å². The Hall–Kier alpha value is -5.81. The standard InChI is InChI=1S/C19H19N7O6.C4H9N3O2/c20-19-25-15-14(17(30)26-19)23-11(8-22-15)7-21-10-3-1-9(2-4-10)16(29)24-12(18(31)32)5-6-13(27)28;1-7(4(5)6)2-3(8)9/h1-4,8,12,21H,5-7H2,(H,24,29)(H,27,28)(H,31,32)(H3,20,22,25,26,30);2H2,1H3,(H3,5,6)(H,8,9)/t12-;/m0./s1. The number of aliphatic carboxylic acids is 3. The number of carboxylic acids is 3. The number of nitrogens with zero attached hydrogens (tertiary/aromatic N) is 4. The zero-order valence-electron chi connectivity index (χ0n) is 21.6. The quantitative estimate of drug-likeness (QED) is 0.0967. The summed E-state index contributed by atoms with van der Waals surface area (Å²) in [4.78, 5) is 71.6. The molecule has 2 aromatic heterocycles. The number of anilines is 2. The van der Waals surface area contributed by atoms with Crippen LogP contribution in [0.4, 0.5) is 11.6 Å². The van der Waals surface area contributed by atoms with Crippen molar-refractivity contribution >= 4 is 52.6 Å². The molecule has 0 bridgehead atoms. The Morgan fingerprint density at radius 2 is 1.76 bits per heavy atom. The first kappa shape index (κ1) is 31.4. The molecule has 0 unspecified atom stereocenters. The van der Waals surface area contributed by atoms with Gasteiger partial charge >= 0.3 is 17.9 Å². The van der Waals surface area contributed by atoms with Gasteiger partial charge in [0.05, 0.1) is 18.4 Å². The van der Waals surface area contributed by atoms with Crippen LogP contribution in [0.25, 0.3) is 11.2 Å². The number of hydrogen-bond donors (Lipinski definition) is 9. The van der Waals surface area contributed by atoms with Crippen LogP contribution in [0.2, 0.25) is 0 Å². The summed E-state index contributed by atoms with van der Waals surface area (Å²) in [6, 6.07) is 4.86. The zero-order chi connectivity index (χ0) is 30.7. The van der Waals surface area contributed by atoms with Crippen molar-refractivity contribution in [2.24, 2.45) is 5.73 Å². The number of carbonyl (C=O) groups excluding carboxylic acids is 1. The van der Waals surface area contributed by atoms with Gasteiger partial charge in [-0.05, 0) is 30.7 Å². The number of nitrogen functional groups attached to an aromatic ring is 1. The number of nitrogens with two attached hydrogens (primary N) is 2. The minimum absolute atomic E-state index is 0.0524. The Labute approximate surface area is 230 Å². The predicted octanol–water partition coefficient (Wildman–Crippen LogP) is -1.15. The third-order valence-electron chi connectivity index (χ3n) is 5.14. The second kappa shape index (κ2) is 14.4. The lowest BCUT2D eigenvalue weighted by Crippen LogP contribution is -2.41. The Morgan fingerprint density at radius 3 is 2.29 bits per heavy atom. The highest BCUT2D eigenvalue weighted by Crippen LogP contribution is 2.12. The van der Waals surface area contributed by atoms with E-state index in [2.05, 4.69) is 30.6 Å². The smallest absolute Gasteiger partial charge is 0.326 e. The summed E-state index contributed by atoms with van der Waals surface area (Å²) < 4.78 is 0. The van der Waals surface area contributed by atoms with E-state index in [0.717, 1.165) is 4.90 Å². The molecule has 3 aromatic rings. The van der Waals surface area contributed by atoms with Crippen LogP contribution in [-0.4, -0.2) is 89.6 Å². The number of likely N-dealkylation sites (N-methyl/N-ethyl adjacent to an activating group) is 1. The first-order chi connectivity index (χ1) is 19.3. The van der Waals surface area contributed by atoms with Gasteiger partial charge < -0.3 is 42.3 Å². The largest absolute Gasteiger partial charge is 0.481 e. The fourth-order valence-corrected chi connectivity index (χ4v) is 3.04. The van der Waals surface area contributed by atoms with E-state index in [1.54, 1.807) is 12.1 Å². The number of guanidine groups is 1. The number of amides is 1. The Kier molecular flexibility index (Phi) is 11.0. The third-order valence-corrected chi connectivity index (χ3v) is 5.14. The molecule has 0 aliphatic heterocycles. The van der Waals surface area contributed by atoms with Crippen LogP contribution in [0.3, 0.4) is 0 Å². The molecule has 18 nitrogen and oxygen atoms in total. The summed E-state index contributed by atoms with van der Waals surface area (Å²) in [6.45, 7) is 0.00388. The minimum Gasteiger partial charge on any atom is -0.481 e. The monoisotopic (exact) mass is 572 g/mol. The van der Waals surface area contributed by atoms with E-state index in [1.165, 1.54) is 25.4 Å². The fraction of sp³-hybridized carbons (Fsp3) is 0.261. The van der Waals surface area contributed by atoms with Crippen molar-refractivity contribution in [3.05, 3.63) is 52.1 Å². The topological polar surface area (TPSA) is 304 Å². The minimum atomic E-state index is -1.31. The van der Waals surface area contributed by atoms with E-state index in [9.17, 15) is 24.0 Å². The molecular formula is C23H28N10O8. The van der Waals surface area contributed by atoms with E-state index >= 15 is 0 Å². The lowest BCUT2D eigenvalue weighted by atomic mass is 10.1. The van der Waals surface area contributed by atoms with E-state index in [-0.39, 0.29) is 54.6 Å². The van der Waals surface area contributed by atoms with Crippen molar-refractivity contribution in [1.29, 1.82) is 5.41 Å². The predicted molar refractivity (Wildman–Crippen MR) is 144 cm³/mol. The van der Waals surface area contributed by atoms with Gasteiger partial charge in [-0.2, -0.15) is 4.98 Å². The van der Waals surface area contributed by atoms with Gasteiger partial charge in [0, 0.05) is 24.7 Å². The van der Waals surface area contributed by atoms with Crippen molar-refractivity contribution in [3.63, 3.8) is 0 Å².